The van der Waals surface area contributed by atoms with Crippen molar-refractivity contribution in [3.05, 3.63) is 35.9 Å². The van der Waals surface area contributed by atoms with E-state index in [2.05, 4.69) is 11.8 Å². The summed E-state index contributed by atoms with van der Waals surface area (Å²) >= 11 is 0. The topological polar surface area (TPSA) is 48.0 Å². The molecule has 5 heteroatoms. The predicted octanol–water partition coefficient (Wildman–Crippen LogP) is 4.59. The van der Waals surface area contributed by atoms with Crippen molar-refractivity contribution < 1.29 is 19.0 Å². The molecule has 0 N–H and O–H groups in total. The molecule has 0 spiro atoms. The number of benzene rings is 1. The fourth-order valence-electron chi connectivity index (χ4n) is 3.55. The number of morpholine rings is 1. The number of nitrogens with zero attached hydrogens (tertiary/aromatic N) is 1. The van der Waals surface area contributed by atoms with Gasteiger partial charge in [0.2, 0.25) is 0 Å². The Morgan fingerprint density at radius 1 is 1.03 bits per heavy atom. The Morgan fingerprint density at radius 3 is 2.45 bits per heavy atom. The van der Waals surface area contributed by atoms with E-state index in [-0.39, 0.29) is 12.1 Å². The molecule has 2 rings (SSSR count). The molecule has 5 nitrogen and oxygen atoms in total. The molecule has 1 heterocycles. The first kappa shape index (κ1) is 23.8. The van der Waals surface area contributed by atoms with Crippen molar-refractivity contribution in [2.75, 3.05) is 39.5 Å². The fourth-order valence-corrected chi connectivity index (χ4v) is 3.55. The Labute approximate surface area is 176 Å². The van der Waals surface area contributed by atoms with Gasteiger partial charge in [0.1, 0.15) is 6.10 Å². The van der Waals surface area contributed by atoms with Gasteiger partial charge in [-0.25, -0.2) is 0 Å². The second kappa shape index (κ2) is 15.4. The van der Waals surface area contributed by atoms with E-state index >= 15 is 0 Å². The van der Waals surface area contributed by atoms with Gasteiger partial charge < -0.3 is 14.2 Å². The van der Waals surface area contributed by atoms with Gasteiger partial charge in [0.15, 0.2) is 0 Å². The van der Waals surface area contributed by atoms with Crippen molar-refractivity contribution in [3.63, 3.8) is 0 Å². The highest BCUT2D eigenvalue weighted by Gasteiger charge is 2.20. The highest BCUT2D eigenvalue weighted by molar-refractivity contribution is 5.69. The number of unbranched alkanes of at least 4 members (excludes halogenated alkanes) is 6. The van der Waals surface area contributed by atoms with E-state index < -0.39 is 0 Å². The lowest BCUT2D eigenvalue weighted by Crippen LogP contribution is -2.43. The van der Waals surface area contributed by atoms with Crippen LogP contribution < -0.4 is 0 Å². The first-order valence-corrected chi connectivity index (χ1v) is 11.4. The summed E-state index contributed by atoms with van der Waals surface area (Å²) in [7, 11) is 0. The van der Waals surface area contributed by atoms with Gasteiger partial charge in [-0.2, -0.15) is 0 Å². The number of hydrogen-bond donors (Lipinski definition) is 0. The van der Waals surface area contributed by atoms with Gasteiger partial charge in [0, 0.05) is 26.1 Å². The standard InChI is InChI=1S/C24H39NO4/c1-2-3-4-5-6-7-11-14-24(26)29-23(19-25-15-17-27-18-16-25)21-28-20-22-12-9-8-10-13-22/h8-10,12-13,23H,2-7,11,14-21H2,1H3/t23-/m1/s1. The minimum Gasteiger partial charge on any atom is -0.459 e. The Morgan fingerprint density at radius 2 is 1.72 bits per heavy atom. The van der Waals surface area contributed by atoms with E-state index in [1.54, 1.807) is 0 Å². The number of carbonyl (C=O) groups is 1. The van der Waals surface area contributed by atoms with Crippen LogP contribution in [-0.2, 0) is 25.6 Å². The summed E-state index contributed by atoms with van der Waals surface area (Å²) in [5.41, 5.74) is 1.13. The molecule has 1 aliphatic rings. The molecule has 1 aromatic carbocycles. The highest BCUT2D eigenvalue weighted by atomic mass is 16.6. The van der Waals surface area contributed by atoms with Gasteiger partial charge in [0.25, 0.3) is 0 Å². The molecule has 0 amide bonds. The van der Waals surface area contributed by atoms with Gasteiger partial charge in [-0.15, -0.1) is 0 Å². The van der Waals surface area contributed by atoms with Crippen LogP contribution in [0.3, 0.4) is 0 Å². The Balaban J connectivity index is 1.69. The molecule has 0 bridgehead atoms. The number of rotatable bonds is 15. The molecule has 1 aromatic rings. The number of carbonyl (C=O) groups excluding carboxylic acids is 1. The van der Waals surface area contributed by atoms with Gasteiger partial charge in [-0.05, 0) is 12.0 Å². The SMILES string of the molecule is CCCCCCCCCC(=O)O[C@@H](COCc1ccccc1)CN1CCOCC1. The zero-order chi connectivity index (χ0) is 20.6. The summed E-state index contributed by atoms with van der Waals surface area (Å²) in [5.74, 6) is -0.0971. The molecular weight excluding hydrogens is 366 g/mol. The monoisotopic (exact) mass is 405 g/mol. The second-order valence-electron chi connectivity index (χ2n) is 7.90. The van der Waals surface area contributed by atoms with E-state index in [9.17, 15) is 4.79 Å². The van der Waals surface area contributed by atoms with E-state index in [0.29, 0.717) is 26.2 Å². The van der Waals surface area contributed by atoms with Crippen LogP contribution in [0.2, 0.25) is 0 Å². The molecule has 0 radical (unpaired) electrons. The lowest BCUT2D eigenvalue weighted by Gasteiger charge is -2.30. The predicted molar refractivity (Wildman–Crippen MR) is 116 cm³/mol. The van der Waals surface area contributed by atoms with Crippen LogP contribution in [0.5, 0.6) is 0 Å². The third-order valence-electron chi connectivity index (χ3n) is 5.26. The van der Waals surface area contributed by atoms with Crippen LogP contribution in [0.25, 0.3) is 0 Å². The van der Waals surface area contributed by atoms with Crippen molar-refractivity contribution in [2.24, 2.45) is 0 Å². The van der Waals surface area contributed by atoms with E-state index in [1.807, 2.05) is 30.3 Å². The molecule has 1 aliphatic heterocycles. The first-order chi connectivity index (χ1) is 14.3. The molecule has 0 aliphatic carbocycles. The van der Waals surface area contributed by atoms with E-state index in [1.165, 1.54) is 32.1 Å². The van der Waals surface area contributed by atoms with Crippen LogP contribution >= 0.6 is 0 Å². The van der Waals surface area contributed by atoms with Gasteiger partial charge in [0.05, 0.1) is 26.4 Å². The molecule has 29 heavy (non-hydrogen) atoms. The number of esters is 1. The maximum atomic E-state index is 12.3. The average Bonchev–Trinajstić information content (AvgIpc) is 2.74. The van der Waals surface area contributed by atoms with Gasteiger partial charge in [-0.1, -0.05) is 75.8 Å². The number of ether oxygens (including phenoxy) is 3. The summed E-state index contributed by atoms with van der Waals surface area (Å²) in [4.78, 5) is 14.6. The zero-order valence-electron chi connectivity index (χ0n) is 18.2. The zero-order valence-corrected chi connectivity index (χ0v) is 18.2. The first-order valence-electron chi connectivity index (χ1n) is 11.4. The van der Waals surface area contributed by atoms with Crippen LogP contribution in [0.15, 0.2) is 30.3 Å². The van der Waals surface area contributed by atoms with Crippen LogP contribution in [0.1, 0.15) is 63.9 Å². The summed E-state index contributed by atoms with van der Waals surface area (Å²) in [6.45, 7) is 7.14. The van der Waals surface area contributed by atoms with Gasteiger partial charge in [-0.3, -0.25) is 9.69 Å². The van der Waals surface area contributed by atoms with Crippen LogP contribution in [0, 0.1) is 0 Å². The summed E-state index contributed by atoms with van der Waals surface area (Å²) in [6, 6.07) is 10.1. The van der Waals surface area contributed by atoms with E-state index in [0.717, 1.165) is 44.7 Å². The molecular formula is C24H39NO4. The Kier molecular flexibility index (Phi) is 12.7. The Bertz CT molecular complexity index is 531. The minimum atomic E-state index is -0.228. The molecule has 1 atom stereocenters. The quantitative estimate of drug-likeness (QED) is 0.316. The second-order valence-corrected chi connectivity index (χ2v) is 7.90. The summed E-state index contributed by atoms with van der Waals surface area (Å²) in [6.07, 6.45) is 8.68. The Hall–Kier alpha value is -1.43. The molecule has 0 aromatic heterocycles. The van der Waals surface area contributed by atoms with Crippen LogP contribution in [0.4, 0.5) is 0 Å². The molecule has 0 saturated carbocycles. The molecule has 164 valence electrons. The molecule has 0 unspecified atom stereocenters. The normalized spacial score (nSPS) is 15.9. The average molecular weight is 406 g/mol. The summed E-state index contributed by atoms with van der Waals surface area (Å²) < 4.78 is 17.1. The number of hydrogen-bond acceptors (Lipinski definition) is 5. The van der Waals surface area contributed by atoms with Crippen molar-refractivity contribution in [3.8, 4) is 0 Å². The van der Waals surface area contributed by atoms with Crippen molar-refractivity contribution >= 4 is 5.97 Å². The van der Waals surface area contributed by atoms with Crippen molar-refractivity contribution in [2.45, 2.75) is 71.0 Å². The third-order valence-corrected chi connectivity index (χ3v) is 5.26. The van der Waals surface area contributed by atoms with Crippen molar-refractivity contribution in [1.82, 2.24) is 4.90 Å². The minimum absolute atomic E-state index is 0.0971. The smallest absolute Gasteiger partial charge is 0.306 e. The van der Waals surface area contributed by atoms with Crippen LogP contribution in [-0.4, -0.2) is 56.4 Å². The fraction of sp³-hybridized carbons (Fsp3) is 0.708. The summed E-state index contributed by atoms with van der Waals surface area (Å²) in [5, 5.41) is 0. The van der Waals surface area contributed by atoms with Gasteiger partial charge >= 0.3 is 5.97 Å². The van der Waals surface area contributed by atoms with E-state index in [4.69, 9.17) is 14.2 Å². The lowest BCUT2D eigenvalue weighted by atomic mass is 10.1. The molecule has 1 saturated heterocycles. The maximum Gasteiger partial charge on any atom is 0.306 e. The third kappa shape index (κ3) is 11.4. The largest absolute Gasteiger partial charge is 0.459 e. The van der Waals surface area contributed by atoms with Crippen molar-refractivity contribution in [1.29, 1.82) is 0 Å². The molecule has 1 fully saturated rings. The maximum absolute atomic E-state index is 12.3. The lowest BCUT2D eigenvalue weighted by molar-refractivity contribution is -0.154. The highest BCUT2D eigenvalue weighted by Crippen LogP contribution is 2.11.